The van der Waals surface area contributed by atoms with Crippen molar-refractivity contribution in [3.8, 4) is 0 Å². The van der Waals surface area contributed by atoms with E-state index in [1.807, 2.05) is 20.8 Å². The fourth-order valence-electron chi connectivity index (χ4n) is 2.40. The van der Waals surface area contributed by atoms with E-state index in [0.29, 0.717) is 24.4 Å². The average molecular weight is 252 g/mol. The number of esters is 2. The average Bonchev–Trinajstić information content (AvgIpc) is 2.93. The number of carbonyl (C=O) groups excluding carboxylic acids is 2. The summed E-state index contributed by atoms with van der Waals surface area (Å²) < 4.78 is 16.1. The molecule has 2 fully saturated rings. The fraction of sp³-hybridized carbons (Fsp3) is 0.692. The van der Waals surface area contributed by atoms with E-state index in [1.54, 1.807) is 0 Å². The molecule has 2 bridgehead atoms. The van der Waals surface area contributed by atoms with Gasteiger partial charge in [0.2, 0.25) is 0 Å². The molecule has 5 nitrogen and oxygen atoms in total. The van der Waals surface area contributed by atoms with Gasteiger partial charge in [-0.25, -0.2) is 0 Å². The van der Waals surface area contributed by atoms with E-state index in [4.69, 9.17) is 14.2 Å². The zero-order valence-electron chi connectivity index (χ0n) is 10.7. The predicted molar refractivity (Wildman–Crippen MR) is 60.1 cm³/mol. The molecule has 0 aliphatic carbocycles. The Kier molecular flexibility index (Phi) is 2.32. The van der Waals surface area contributed by atoms with Gasteiger partial charge in [0, 0.05) is 0 Å². The minimum Gasteiger partial charge on any atom is -0.424 e. The lowest BCUT2D eigenvalue weighted by Gasteiger charge is -2.22. The van der Waals surface area contributed by atoms with Gasteiger partial charge in [-0.3, -0.25) is 9.59 Å². The molecule has 0 amide bonds. The first-order chi connectivity index (χ1) is 8.44. The van der Waals surface area contributed by atoms with Gasteiger partial charge in [-0.1, -0.05) is 6.92 Å². The fourth-order valence-corrected chi connectivity index (χ4v) is 2.40. The summed E-state index contributed by atoms with van der Waals surface area (Å²) in [4.78, 5) is 23.5. The van der Waals surface area contributed by atoms with Crippen LogP contribution in [0.5, 0.6) is 0 Å². The van der Waals surface area contributed by atoms with Gasteiger partial charge < -0.3 is 14.2 Å². The van der Waals surface area contributed by atoms with Crippen LogP contribution in [0.15, 0.2) is 11.5 Å². The first-order valence-corrected chi connectivity index (χ1v) is 6.27. The van der Waals surface area contributed by atoms with Crippen LogP contribution in [0, 0.1) is 11.3 Å². The maximum atomic E-state index is 12.0. The zero-order valence-corrected chi connectivity index (χ0v) is 10.7. The molecule has 0 aromatic rings. The molecular formula is C13H16O5. The first kappa shape index (κ1) is 11.7. The maximum absolute atomic E-state index is 12.0. The SMILES string of the molecule is CCC(C)(C)C(=O)OC1=C2OC(=O)C3CC1OC23. The topological polar surface area (TPSA) is 61.8 Å². The second kappa shape index (κ2) is 3.57. The molecule has 0 aromatic heterocycles. The smallest absolute Gasteiger partial charge is 0.317 e. The molecule has 18 heavy (non-hydrogen) atoms. The highest BCUT2D eigenvalue weighted by Gasteiger charge is 2.59. The van der Waals surface area contributed by atoms with Crippen LogP contribution >= 0.6 is 0 Å². The third-order valence-electron chi connectivity index (χ3n) is 4.09. The van der Waals surface area contributed by atoms with E-state index in [-0.39, 0.29) is 30.1 Å². The van der Waals surface area contributed by atoms with Crippen molar-refractivity contribution in [2.24, 2.45) is 11.3 Å². The number of carbonyl (C=O) groups is 2. The van der Waals surface area contributed by atoms with Gasteiger partial charge in [0.15, 0.2) is 11.5 Å². The molecule has 3 atom stereocenters. The Morgan fingerprint density at radius 1 is 1.50 bits per heavy atom. The van der Waals surface area contributed by atoms with Gasteiger partial charge in [-0.05, 0) is 26.7 Å². The van der Waals surface area contributed by atoms with E-state index in [0.717, 1.165) is 0 Å². The van der Waals surface area contributed by atoms with E-state index in [9.17, 15) is 9.59 Å². The van der Waals surface area contributed by atoms with Crippen LogP contribution in [0.4, 0.5) is 0 Å². The van der Waals surface area contributed by atoms with E-state index >= 15 is 0 Å². The summed E-state index contributed by atoms with van der Waals surface area (Å²) in [5.41, 5.74) is -0.544. The van der Waals surface area contributed by atoms with E-state index < -0.39 is 5.41 Å². The monoisotopic (exact) mass is 252 g/mol. The number of rotatable bonds is 3. The van der Waals surface area contributed by atoms with Gasteiger partial charge in [0.25, 0.3) is 0 Å². The lowest BCUT2D eigenvalue weighted by Crippen LogP contribution is -2.28. The van der Waals surface area contributed by atoms with Crippen molar-refractivity contribution in [2.45, 2.75) is 45.8 Å². The number of fused-ring (bicyclic) bond motifs is 1. The quantitative estimate of drug-likeness (QED) is 0.713. The largest absolute Gasteiger partial charge is 0.424 e. The first-order valence-electron chi connectivity index (χ1n) is 6.27. The summed E-state index contributed by atoms with van der Waals surface area (Å²) in [5.74, 6) is 0.0585. The molecule has 3 aliphatic rings. The zero-order chi connectivity index (χ0) is 13.1. The molecule has 3 heterocycles. The van der Waals surface area contributed by atoms with E-state index in [2.05, 4.69) is 0 Å². The second-order valence-electron chi connectivity index (χ2n) is 5.66. The van der Waals surface area contributed by atoms with Crippen LogP contribution in [0.25, 0.3) is 0 Å². The number of ether oxygens (including phenoxy) is 3. The molecule has 0 radical (unpaired) electrons. The third-order valence-corrected chi connectivity index (χ3v) is 4.09. The Balaban J connectivity index is 1.83. The van der Waals surface area contributed by atoms with Gasteiger partial charge in [0.05, 0.1) is 11.3 Å². The number of hydrogen-bond donors (Lipinski definition) is 0. The van der Waals surface area contributed by atoms with Crippen LogP contribution in [-0.4, -0.2) is 24.1 Å². The molecule has 5 heteroatoms. The molecule has 3 rings (SSSR count). The predicted octanol–water partition coefficient (Wildman–Crippen LogP) is 1.52. The highest BCUT2D eigenvalue weighted by molar-refractivity contribution is 5.81. The van der Waals surface area contributed by atoms with Crippen molar-refractivity contribution < 1.29 is 23.8 Å². The van der Waals surface area contributed by atoms with Crippen molar-refractivity contribution in [1.82, 2.24) is 0 Å². The highest BCUT2D eigenvalue weighted by atomic mass is 16.6. The lowest BCUT2D eigenvalue weighted by atomic mass is 9.90. The summed E-state index contributed by atoms with van der Waals surface area (Å²) in [7, 11) is 0. The minimum absolute atomic E-state index is 0.202. The summed E-state index contributed by atoms with van der Waals surface area (Å²) >= 11 is 0. The molecule has 98 valence electrons. The van der Waals surface area contributed by atoms with Crippen molar-refractivity contribution in [3.05, 3.63) is 11.5 Å². The van der Waals surface area contributed by atoms with Crippen LogP contribution in [0.1, 0.15) is 33.6 Å². The Morgan fingerprint density at radius 3 is 2.89 bits per heavy atom. The minimum atomic E-state index is -0.544. The molecule has 0 saturated carbocycles. The van der Waals surface area contributed by atoms with Gasteiger partial charge in [0.1, 0.15) is 12.2 Å². The highest BCUT2D eigenvalue weighted by Crippen LogP contribution is 2.49. The molecule has 3 aliphatic heterocycles. The third kappa shape index (κ3) is 1.43. The summed E-state index contributed by atoms with van der Waals surface area (Å²) in [6.45, 7) is 5.60. The van der Waals surface area contributed by atoms with Crippen LogP contribution < -0.4 is 0 Å². The molecule has 0 spiro atoms. The van der Waals surface area contributed by atoms with Gasteiger partial charge >= 0.3 is 11.9 Å². The Morgan fingerprint density at radius 2 is 2.22 bits per heavy atom. The molecular weight excluding hydrogens is 236 g/mol. The van der Waals surface area contributed by atoms with Crippen LogP contribution in [-0.2, 0) is 23.8 Å². The Bertz CT molecular complexity index is 462. The molecule has 0 N–H and O–H groups in total. The summed E-state index contributed by atoms with van der Waals surface area (Å²) in [6.07, 6.45) is 0.627. The van der Waals surface area contributed by atoms with Crippen molar-refractivity contribution in [1.29, 1.82) is 0 Å². The summed E-state index contributed by atoms with van der Waals surface area (Å²) in [6, 6.07) is 0. The molecule has 0 aromatic carbocycles. The van der Waals surface area contributed by atoms with Crippen LogP contribution in [0.3, 0.4) is 0 Å². The van der Waals surface area contributed by atoms with Crippen molar-refractivity contribution >= 4 is 11.9 Å². The maximum Gasteiger partial charge on any atom is 0.317 e. The van der Waals surface area contributed by atoms with Crippen LogP contribution in [0.2, 0.25) is 0 Å². The summed E-state index contributed by atoms with van der Waals surface area (Å²) in [5, 5.41) is 0. The van der Waals surface area contributed by atoms with Crippen molar-refractivity contribution in [2.75, 3.05) is 0 Å². The van der Waals surface area contributed by atoms with Crippen molar-refractivity contribution in [3.63, 3.8) is 0 Å². The Hall–Kier alpha value is -1.36. The standard InChI is InChI=1S/C13H16O5/c1-4-13(2,3)12(15)18-9-7-5-6-8(16-7)10(9)17-11(6)14/h6-8H,4-5H2,1-3H3. The normalized spacial score (nSPS) is 33.1. The number of hydrogen-bond acceptors (Lipinski definition) is 5. The molecule has 3 unspecified atom stereocenters. The molecule has 2 saturated heterocycles. The van der Waals surface area contributed by atoms with Gasteiger partial charge in [-0.15, -0.1) is 0 Å². The second-order valence-corrected chi connectivity index (χ2v) is 5.66. The van der Waals surface area contributed by atoms with E-state index in [1.165, 1.54) is 0 Å². The lowest BCUT2D eigenvalue weighted by molar-refractivity contribution is -0.151. The Labute approximate surface area is 105 Å². The van der Waals surface area contributed by atoms with Gasteiger partial charge in [-0.2, -0.15) is 0 Å².